The van der Waals surface area contributed by atoms with Gasteiger partial charge < -0.3 is 5.32 Å². The van der Waals surface area contributed by atoms with Crippen LogP contribution < -0.4 is 5.32 Å². The monoisotopic (exact) mass is 482 g/mol. The zero-order valence-corrected chi connectivity index (χ0v) is 18.6. The van der Waals surface area contributed by atoms with E-state index in [0.717, 1.165) is 9.87 Å². The molecule has 9 heteroatoms. The molecule has 0 fully saturated rings. The van der Waals surface area contributed by atoms with Crippen LogP contribution >= 0.6 is 34.8 Å². The highest BCUT2D eigenvalue weighted by Gasteiger charge is 2.29. The first-order valence-electron chi connectivity index (χ1n) is 8.80. The molecule has 3 aromatic rings. The molecular formula is C21H17Cl3N2O3S. The fraction of sp³-hybridized carbons (Fsp3) is 0.0952. The van der Waals surface area contributed by atoms with Gasteiger partial charge >= 0.3 is 0 Å². The Morgan fingerprint density at radius 2 is 1.57 bits per heavy atom. The molecule has 0 bridgehead atoms. The molecule has 0 saturated carbocycles. The van der Waals surface area contributed by atoms with Gasteiger partial charge in [0.05, 0.1) is 11.6 Å². The van der Waals surface area contributed by atoms with Crippen molar-refractivity contribution >= 4 is 56.4 Å². The first kappa shape index (κ1) is 22.6. The van der Waals surface area contributed by atoms with Crippen LogP contribution in [-0.2, 0) is 21.4 Å². The Morgan fingerprint density at radius 3 is 2.27 bits per heavy atom. The van der Waals surface area contributed by atoms with Gasteiger partial charge in [0.2, 0.25) is 15.9 Å². The summed E-state index contributed by atoms with van der Waals surface area (Å²) in [5.41, 5.74) is 1.18. The van der Waals surface area contributed by atoms with Crippen molar-refractivity contribution in [2.24, 2.45) is 0 Å². The summed E-state index contributed by atoms with van der Waals surface area (Å²) in [4.78, 5) is 12.5. The van der Waals surface area contributed by atoms with Gasteiger partial charge in [0.1, 0.15) is 4.90 Å². The Morgan fingerprint density at radius 1 is 0.867 bits per heavy atom. The molecule has 1 N–H and O–H groups in total. The van der Waals surface area contributed by atoms with Gasteiger partial charge in [-0.3, -0.25) is 4.79 Å². The number of anilines is 1. The Bertz CT molecular complexity index is 1160. The summed E-state index contributed by atoms with van der Waals surface area (Å²) in [5, 5.41) is 3.36. The van der Waals surface area contributed by atoms with E-state index in [1.807, 2.05) is 6.07 Å². The van der Waals surface area contributed by atoms with Gasteiger partial charge in [0, 0.05) is 22.3 Å². The predicted octanol–water partition coefficient (Wildman–Crippen LogP) is 5.48. The second-order valence-electron chi connectivity index (χ2n) is 6.39. The molecule has 0 aromatic heterocycles. The maximum atomic E-state index is 13.3. The zero-order chi connectivity index (χ0) is 21.7. The molecule has 0 aliphatic rings. The van der Waals surface area contributed by atoms with Gasteiger partial charge in [-0.2, -0.15) is 4.31 Å². The number of carbonyl (C=O) groups is 1. The lowest BCUT2D eigenvalue weighted by Crippen LogP contribution is -2.37. The molecule has 0 radical (unpaired) electrons. The molecule has 0 aliphatic carbocycles. The van der Waals surface area contributed by atoms with E-state index in [1.165, 1.54) is 18.2 Å². The van der Waals surface area contributed by atoms with E-state index in [4.69, 9.17) is 34.8 Å². The molecule has 0 saturated heterocycles. The van der Waals surface area contributed by atoms with Crippen molar-refractivity contribution in [1.29, 1.82) is 0 Å². The maximum absolute atomic E-state index is 13.3. The molecule has 0 heterocycles. The summed E-state index contributed by atoms with van der Waals surface area (Å²) in [5.74, 6) is -0.519. The van der Waals surface area contributed by atoms with E-state index in [2.05, 4.69) is 5.32 Å². The third-order valence-electron chi connectivity index (χ3n) is 4.14. The second kappa shape index (κ2) is 9.81. The minimum atomic E-state index is -4.12. The van der Waals surface area contributed by atoms with Crippen LogP contribution in [-0.4, -0.2) is 25.2 Å². The quantitative estimate of drug-likeness (QED) is 0.484. The van der Waals surface area contributed by atoms with Crippen molar-refractivity contribution in [3.8, 4) is 0 Å². The third-order valence-corrected chi connectivity index (χ3v) is 6.88. The number of benzene rings is 3. The summed E-state index contributed by atoms with van der Waals surface area (Å²) >= 11 is 18.1. The number of rotatable bonds is 7. The van der Waals surface area contributed by atoms with Crippen molar-refractivity contribution in [3.63, 3.8) is 0 Å². The van der Waals surface area contributed by atoms with E-state index in [1.54, 1.807) is 48.5 Å². The van der Waals surface area contributed by atoms with Gasteiger partial charge in [-0.05, 0) is 42.0 Å². The lowest BCUT2D eigenvalue weighted by molar-refractivity contribution is -0.116. The Labute approximate surface area is 190 Å². The number of carbonyl (C=O) groups excluding carboxylic acids is 1. The number of hydrogen-bond donors (Lipinski definition) is 1. The largest absolute Gasteiger partial charge is 0.325 e. The molecule has 0 unspecified atom stereocenters. The fourth-order valence-electron chi connectivity index (χ4n) is 2.75. The highest BCUT2D eigenvalue weighted by molar-refractivity contribution is 7.89. The van der Waals surface area contributed by atoms with E-state index in [-0.39, 0.29) is 21.5 Å². The molecule has 0 spiro atoms. The highest BCUT2D eigenvalue weighted by Crippen LogP contribution is 2.28. The lowest BCUT2D eigenvalue weighted by atomic mass is 10.2. The summed E-state index contributed by atoms with van der Waals surface area (Å²) in [6.07, 6.45) is 0. The van der Waals surface area contributed by atoms with Crippen molar-refractivity contribution in [2.75, 3.05) is 11.9 Å². The van der Waals surface area contributed by atoms with Crippen LogP contribution in [0.4, 0.5) is 5.69 Å². The third kappa shape index (κ3) is 5.74. The number of sulfonamides is 1. The molecule has 0 atom stereocenters. The molecule has 156 valence electrons. The van der Waals surface area contributed by atoms with Crippen molar-refractivity contribution in [2.45, 2.75) is 11.4 Å². The molecule has 0 aliphatic heterocycles. The number of hydrogen-bond acceptors (Lipinski definition) is 3. The van der Waals surface area contributed by atoms with E-state index in [0.29, 0.717) is 10.7 Å². The van der Waals surface area contributed by atoms with Gasteiger partial charge in [0.15, 0.2) is 0 Å². The van der Waals surface area contributed by atoms with Crippen molar-refractivity contribution in [3.05, 3.63) is 93.4 Å². The van der Waals surface area contributed by atoms with Crippen LogP contribution in [0.25, 0.3) is 0 Å². The van der Waals surface area contributed by atoms with Crippen molar-refractivity contribution < 1.29 is 13.2 Å². The molecule has 5 nitrogen and oxygen atoms in total. The number of nitrogens with one attached hydrogen (secondary N) is 1. The van der Waals surface area contributed by atoms with E-state index < -0.39 is 22.5 Å². The molecule has 30 heavy (non-hydrogen) atoms. The Balaban J connectivity index is 1.91. The first-order chi connectivity index (χ1) is 14.3. The summed E-state index contributed by atoms with van der Waals surface area (Å²) in [7, 11) is -4.12. The minimum Gasteiger partial charge on any atom is -0.325 e. The van der Waals surface area contributed by atoms with Crippen LogP contribution in [0, 0.1) is 0 Å². The van der Waals surface area contributed by atoms with Crippen molar-refractivity contribution in [1.82, 2.24) is 4.31 Å². The SMILES string of the molecule is O=C(CN(Cc1ccccc1)S(=O)(=O)c1cc(Cl)ccc1Cl)Nc1cccc(Cl)c1. The summed E-state index contributed by atoms with van der Waals surface area (Å²) in [6.45, 7) is -0.443. The van der Waals surface area contributed by atoms with Gasteiger partial charge in [-0.15, -0.1) is 0 Å². The Hall–Kier alpha value is -2.09. The standard InChI is InChI=1S/C21H17Cl3N2O3S/c22-16-7-4-8-18(11-16)25-21(27)14-26(13-15-5-2-1-3-6-15)30(28,29)20-12-17(23)9-10-19(20)24/h1-12H,13-14H2,(H,25,27). The Kier molecular flexibility index (Phi) is 7.39. The lowest BCUT2D eigenvalue weighted by Gasteiger charge is -2.22. The van der Waals surface area contributed by atoms with E-state index in [9.17, 15) is 13.2 Å². The van der Waals surface area contributed by atoms with Crippen LogP contribution in [0.2, 0.25) is 15.1 Å². The van der Waals surface area contributed by atoms with Crippen LogP contribution in [0.15, 0.2) is 77.7 Å². The smallest absolute Gasteiger partial charge is 0.245 e. The molecule has 3 aromatic carbocycles. The summed E-state index contributed by atoms with van der Waals surface area (Å²) in [6, 6.07) is 19.7. The van der Waals surface area contributed by atoms with Gasteiger partial charge in [0.25, 0.3) is 0 Å². The number of halogens is 3. The first-order valence-corrected chi connectivity index (χ1v) is 11.4. The summed E-state index contributed by atoms with van der Waals surface area (Å²) < 4.78 is 27.7. The molecular weight excluding hydrogens is 467 g/mol. The van der Waals surface area contributed by atoms with Crippen LogP contribution in [0.5, 0.6) is 0 Å². The van der Waals surface area contributed by atoms with Crippen LogP contribution in [0.3, 0.4) is 0 Å². The molecule has 3 rings (SSSR count). The minimum absolute atomic E-state index is 0.0189. The van der Waals surface area contributed by atoms with Crippen LogP contribution in [0.1, 0.15) is 5.56 Å². The zero-order valence-electron chi connectivity index (χ0n) is 15.6. The predicted molar refractivity (Wildman–Crippen MR) is 121 cm³/mol. The second-order valence-corrected chi connectivity index (χ2v) is 9.58. The highest BCUT2D eigenvalue weighted by atomic mass is 35.5. The topological polar surface area (TPSA) is 66.5 Å². The maximum Gasteiger partial charge on any atom is 0.245 e. The van der Waals surface area contributed by atoms with E-state index >= 15 is 0 Å². The average molecular weight is 484 g/mol. The average Bonchev–Trinajstić information content (AvgIpc) is 2.70. The number of amides is 1. The fourth-order valence-corrected chi connectivity index (χ4v) is 5.07. The molecule has 1 amide bonds. The van der Waals surface area contributed by atoms with Gasteiger partial charge in [-0.1, -0.05) is 71.2 Å². The number of nitrogens with zero attached hydrogens (tertiary/aromatic N) is 1. The normalized spacial score (nSPS) is 11.5. The van der Waals surface area contributed by atoms with Gasteiger partial charge in [-0.25, -0.2) is 8.42 Å².